The standard InChI is InChI=1S/C29H30Cl2FN3O6S/c1-3-25(29(37)33-4-2)34(17-19-5-6-20(30)15-24(19)31)28(36)18-35(22-9-7-21(32)8-10-22)42(38,39)23-11-12-26-27(16-23)41-14-13-40-26/h5-12,15-16,25H,3-4,13-14,17-18H2,1-2H3,(H,33,37)/t25-/m0/s1. The van der Waals surface area contributed by atoms with Gasteiger partial charge in [-0.2, -0.15) is 0 Å². The minimum Gasteiger partial charge on any atom is -0.486 e. The number of halogens is 3. The number of amides is 2. The summed E-state index contributed by atoms with van der Waals surface area (Å²) in [6, 6.07) is 12.7. The summed E-state index contributed by atoms with van der Waals surface area (Å²) in [5.74, 6) is -1.02. The van der Waals surface area contributed by atoms with Crippen molar-refractivity contribution < 1.29 is 31.9 Å². The van der Waals surface area contributed by atoms with Crippen LogP contribution in [0.25, 0.3) is 0 Å². The number of hydrogen-bond acceptors (Lipinski definition) is 6. The van der Waals surface area contributed by atoms with Gasteiger partial charge in [-0.1, -0.05) is 36.2 Å². The fraction of sp³-hybridized carbons (Fsp3) is 0.310. The molecule has 3 aromatic carbocycles. The quantitative estimate of drug-likeness (QED) is 0.316. The van der Waals surface area contributed by atoms with E-state index in [1.54, 1.807) is 26.0 Å². The first-order valence-corrected chi connectivity index (χ1v) is 15.4. The highest BCUT2D eigenvalue weighted by Crippen LogP contribution is 2.34. The van der Waals surface area contributed by atoms with Crippen LogP contribution in [0.15, 0.2) is 65.6 Å². The largest absolute Gasteiger partial charge is 0.486 e. The van der Waals surface area contributed by atoms with Gasteiger partial charge in [0, 0.05) is 29.2 Å². The summed E-state index contributed by atoms with van der Waals surface area (Å²) < 4.78 is 53.9. The van der Waals surface area contributed by atoms with E-state index in [1.807, 2.05) is 0 Å². The summed E-state index contributed by atoms with van der Waals surface area (Å²) in [4.78, 5) is 28.2. The van der Waals surface area contributed by atoms with E-state index in [0.29, 0.717) is 29.5 Å². The van der Waals surface area contributed by atoms with E-state index >= 15 is 0 Å². The van der Waals surface area contributed by atoms with Crippen molar-refractivity contribution in [3.8, 4) is 11.5 Å². The maximum atomic E-state index is 14.0. The highest BCUT2D eigenvalue weighted by atomic mass is 35.5. The van der Waals surface area contributed by atoms with Gasteiger partial charge >= 0.3 is 0 Å². The zero-order chi connectivity index (χ0) is 30.4. The number of rotatable bonds is 11. The van der Waals surface area contributed by atoms with Crippen LogP contribution in [0, 0.1) is 5.82 Å². The number of carbonyl (C=O) groups excluding carboxylic acids is 2. The molecular weight excluding hydrogens is 608 g/mol. The van der Waals surface area contributed by atoms with Gasteiger partial charge in [-0.3, -0.25) is 13.9 Å². The molecule has 2 amide bonds. The Morgan fingerprint density at radius 2 is 1.67 bits per heavy atom. The molecule has 1 atom stereocenters. The van der Waals surface area contributed by atoms with E-state index in [0.717, 1.165) is 16.4 Å². The van der Waals surface area contributed by atoms with Gasteiger partial charge in [-0.15, -0.1) is 0 Å². The molecule has 1 N–H and O–H groups in total. The molecule has 0 unspecified atom stereocenters. The molecule has 1 aliphatic heterocycles. The summed E-state index contributed by atoms with van der Waals surface area (Å²) in [6.07, 6.45) is 0.244. The lowest BCUT2D eigenvalue weighted by Crippen LogP contribution is -2.52. The first-order valence-electron chi connectivity index (χ1n) is 13.2. The van der Waals surface area contributed by atoms with E-state index < -0.39 is 40.2 Å². The number of anilines is 1. The predicted molar refractivity (Wildman–Crippen MR) is 158 cm³/mol. The van der Waals surface area contributed by atoms with Gasteiger partial charge in [0.2, 0.25) is 11.8 Å². The van der Waals surface area contributed by atoms with E-state index in [1.165, 1.54) is 41.3 Å². The van der Waals surface area contributed by atoms with Crippen molar-refractivity contribution in [2.24, 2.45) is 0 Å². The van der Waals surface area contributed by atoms with Crippen LogP contribution >= 0.6 is 23.2 Å². The Labute approximate surface area is 254 Å². The van der Waals surface area contributed by atoms with E-state index in [4.69, 9.17) is 32.7 Å². The van der Waals surface area contributed by atoms with Crippen molar-refractivity contribution in [3.63, 3.8) is 0 Å². The SMILES string of the molecule is CCNC(=O)[C@H](CC)N(Cc1ccc(Cl)cc1Cl)C(=O)CN(c1ccc(F)cc1)S(=O)(=O)c1ccc2c(c1)OCCO2. The van der Waals surface area contributed by atoms with Crippen molar-refractivity contribution in [1.82, 2.24) is 10.2 Å². The summed E-state index contributed by atoms with van der Waals surface area (Å²) in [5, 5.41) is 3.41. The number of fused-ring (bicyclic) bond motifs is 1. The van der Waals surface area contributed by atoms with Gasteiger partial charge in [0.25, 0.3) is 10.0 Å². The second kappa shape index (κ2) is 13.6. The minimum absolute atomic E-state index is 0.0511. The van der Waals surface area contributed by atoms with Crippen molar-refractivity contribution in [2.45, 2.75) is 37.8 Å². The fourth-order valence-corrected chi connectivity index (χ4v) is 6.39. The molecule has 13 heteroatoms. The van der Waals surface area contributed by atoms with Gasteiger partial charge in [0.15, 0.2) is 11.5 Å². The predicted octanol–water partition coefficient (Wildman–Crippen LogP) is 5.04. The van der Waals surface area contributed by atoms with Crippen LogP contribution in [0.1, 0.15) is 25.8 Å². The smallest absolute Gasteiger partial charge is 0.264 e. The van der Waals surface area contributed by atoms with E-state index in [9.17, 15) is 22.4 Å². The molecule has 0 aliphatic carbocycles. The average Bonchev–Trinajstić information content (AvgIpc) is 2.97. The Kier molecular flexibility index (Phi) is 10.2. The molecule has 42 heavy (non-hydrogen) atoms. The molecule has 1 heterocycles. The number of benzene rings is 3. The second-order valence-corrected chi connectivity index (χ2v) is 12.1. The van der Waals surface area contributed by atoms with Crippen LogP contribution in [0.3, 0.4) is 0 Å². The molecule has 1 aliphatic rings. The maximum Gasteiger partial charge on any atom is 0.264 e. The molecule has 9 nitrogen and oxygen atoms in total. The Morgan fingerprint density at radius 3 is 2.31 bits per heavy atom. The highest BCUT2D eigenvalue weighted by molar-refractivity contribution is 7.92. The van der Waals surface area contributed by atoms with Crippen LogP contribution in [-0.4, -0.2) is 57.5 Å². The number of nitrogens with one attached hydrogen (secondary N) is 1. The fourth-order valence-electron chi connectivity index (χ4n) is 4.49. The zero-order valence-electron chi connectivity index (χ0n) is 23.0. The molecule has 0 spiro atoms. The number of likely N-dealkylation sites (N-methyl/N-ethyl adjacent to an activating group) is 1. The Hall–Kier alpha value is -3.54. The third-order valence-electron chi connectivity index (χ3n) is 6.59. The number of ether oxygens (including phenoxy) is 2. The summed E-state index contributed by atoms with van der Waals surface area (Å²) in [7, 11) is -4.39. The normalized spacial score (nSPS) is 13.3. The Bertz CT molecular complexity index is 1560. The van der Waals surface area contributed by atoms with Gasteiger partial charge < -0.3 is 19.7 Å². The van der Waals surface area contributed by atoms with Gasteiger partial charge in [0.05, 0.1) is 10.6 Å². The number of nitrogens with zero attached hydrogens (tertiary/aromatic N) is 2. The highest BCUT2D eigenvalue weighted by Gasteiger charge is 2.34. The lowest BCUT2D eigenvalue weighted by molar-refractivity contribution is -0.140. The lowest BCUT2D eigenvalue weighted by atomic mass is 10.1. The average molecular weight is 639 g/mol. The molecule has 0 aromatic heterocycles. The van der Waals surface area contributed by atoms with Crippen LogP contribution in [0.2, 0.25) is 10.0 Å². The maximum absolute atomic E-state index is 14.0. The minimum atomic E-state index is -4.39. The van der Waals surface area contributed by atoms with E-state index in [-0.39, 0.29) is 40.9 Å². The van der Waals surface area contributed by atoms with Crippen LogP contribution in [0.5, 0.6) is 11.5 Å². The molecule has 0 saturated carbocycles. The number of hydrogen-bond donors (Lipinski definition) is 1. The van der Waals surface area contributed by atoms with Crippen molar-refractivity contribution in [1.29, 1.82) is 0 Å². The lowest BCUT2D eigenvalue weighted by Gasteiger charge is -2.33. The van der Waals surface area contributed by atoms with Crippen molar-refractivity contribution >= 4 is 50.7 Å². The zero-order valence-corrected chi connectivity index (χ0v) is 25.3. The first kappa shape index (κ1) is 31.4. The third kappa shape index (κ3) is 7.08. The molecule has 4 rings (SSSR count). The monoisotopic (exact) mass is 637 g/mol. The molecule has 0 bridgehead atoms. The van der Waals surface area contributed by atoms with Crippen LogP contribution in [0.4, 0.5) is 10.1 Å². The summed E-state index contributed by atoms with van der Waals surface area (Å²) in [6.45, 7) is 3.62. The molecule has 0 radical (unpaired) electrons. The molecule has 0 saturated heterocycles. The summed E-state index contributed by atoms with van der Waals surface area (Å²) >= 11 is 12.5. The van der Waals surface area contributed by atoms with Gasteiger partial charge in [-0.25, -0.2) is 12.8 Å². The first-order chi connectivity index (χ1) is 20.0. The van der Waals surface area contributed by atoms with Crippen molar-refractivity contribution in [3.05, 3.63) is 82.1 Å². The van der Waals surface area contributed by atoms with Crippen LogP contribution < -0.4 is 19.1 Å². The summed E-state index contributed by atoms with van der Waals surface area (Å²) in [5.41, 5.74) is 0.565. The molecule has 224 valence electrons. The van der Waals surface area contributed by atoms with Crippen LogP contribution in [-0.2, 0) is 26.2 Å². The van der Waals surface area contributed by atoms with E-state index in [2.05, 4.69) is 5.32 Å². The number of carbonyl (C=O) groups is 2. The molecular formula is C29H30Cl2FN3O6S. The molecule has 3 aromatic rings. The van der Waals surface area contributed by atoms with Gasteiger partial charge in [-0.05, 0) is 67.4 Å². The Balaban J connectivity index is 1.76. The topological polar surface area (TPSA) is 105 Å². The number of sulfonamides is 1. The Morgan fingerprint density at radius 1 is 0.976 bits per heavy atom. The van der Waals surface area contributed by atoms with Crippen molar-refractivity contribution in [2.75, 3.05) is 30.6 Å². The molecule has 0 fully saturated rings. The second-order valence-electron chi connectivity index (χ2n) is 9.37. The van der Waals surface area contributed by atoms with Gasteiger partial charge in [0.1, 0.15) is 31.6 Å². The third-order valence-corrected chi connectivity index (χ3v) is 8.94.